The molecule has 2 rings (SSSR count). The number of hydrogen-bond acceptors (Lipinski definition) is 5. The van der Waals surface area contributed by atoms with E-state index in [0.717, 1.165) is 5.56 Å². The normalized spacial score (nSPS) is 9.96. The number of halogens is 1. The first-order valence-electron chi connectivity index (χ1n) is 7.41. The summed E-state index contributed by atoms with van der Waals surface area (Å²) in [5.41, 5.74) is 1.22. The van der Waals surface area contributed by atoms with Gasteiger partial charge in [-0.3, -0.25) is 9.59 Å². The number of ether oxygens (including phenoxy) is 2. The monoisotopic (exact) mass is 345 g/mol. The first kappa shape index (κ1) is 18.1. The van der Waals surface area contributed by atoms with Crippen LogP contribution in [0.3, 0.4) is 0 Å². The number of carbonyl (C=O) groups is 3. The lowest BCUT2D eigenvalue weighted by Gasteiger charge is -2.08. The molecular formula is C18H16FNO5. The molecule has 7 heteroatoms. The van der Waals surface area contributed by atoms with Crippen LogP contribution in [-0.2, 0) is 20.9 Å². The molecule has 2 aromatic rings. The minimum atomic E-state index is -0.698. The molecule has 1 amide bonds. The summed E-state index contributed by atoms with van der Waals surface area (Å²) in [6.07, 6.45) is 0.697. The van der Waals surface area contributed by atoms with Gasteiger partial charge in [-0.2, -0.15) is 0 Å². The molecule has 0 unspecified atom stereocenters. The second-order valence-electron chi connectivity index (χ2n) is 5.04. The van der Waals surface area contributed by atoms with Gasteiger partial charge in [-0.25, -0.2) is 9.18 Å². The van der Waals surface area contributed by atoms with E-state index in [2.05, 4.69) is 5.32 Å². The van der Waals surface area contributed by atoms with Crippen LogP contribution >= 0.6 is 0 Å². The Balaban J connectivity index is 1.65. The number of carbonyl (C=O) groups excluding carboxylic acids is 3. The molecule has 0 saturated carbocycles. The maximum absolute atomic E-state index is 12.8. The van der Waals surface area contributed by atoms with E-state index in [1.165, 1.54) is 12.1 Å². The first-order valence-corrected chi connectivity index (χ1v) is 7.41. The van der Waals surface area contributed by atoms with Crippen LogP contribution in [0, 0.1) is 5.82 Å². The lowest BCUT2D eigenvalue weighted by Crippen LogP contribution is -2.29. The lowest BCUT2D eigenvalue weighted by molar-refractivity contribution is -0.150. The molecule has 130 valence electrons. The summed E-state index contributed by atoms with van der Waals surface area (Å²) in [7, 11) is 0. The smallest absolute Gasteiger partial charge is 0.344 e. The molecule has 6 nitrogen and oxygen atoms in total. The van der Waals surface area contributed by atoms with E-state index >= 15 is 0 Å². The summed E-state index contributed by atoms with van der Waals surface area (Å²) in [5, 5.41) is 2.55. The quantitative estimate of drug-likeness (QED) is 0.583. The van der Waals surface area contributed by atoms with Crippen LogP contribution in [-0.4, -0.2) is 31.4 Å². The zero-order valence-electron chi connectivity index (χ0n) is 13.2. The van der Waals surface area contributed by atoms with Gasteiger partial charge in [0, 0.05) is 12.1 Å². The topological polar surface area (TPSA) is 81.7 Å². The van der Waals surface area contributed by atoms with E-state index in [1.807, 2.05) is 0 Å². The highest BCUT2D eigenvalue weighted by Gasteiger charge is 2.08. The Morgan fingerprint density at radius 3 is 2.32 bits per heavy atom. The van der Waals surface area contributed by atoms with E-state index in [1.54, 1.807) is 36.4 Å². The molecule has 2 aromatic carbocycles. The number of rotatable bonds is 8. The van der Waals surface area contributed by atoms with E-state index < -0.39 is 18.5 Å². The Hall–Kier alpha value is -3.22. The zero-order valence-corrected chi connectivity index (χ0v) is 13.2. The summed E-state index contributed by atoms with van der Waals surface area (Å²) < 4.78 is 22.7. The van der Waals surface area contributed by atoms with Crippen LogP contribution in [0.25, 0.3) is 0 Å². The van der Waals surface area contributed by atoms with Gasteiger partial charge in [0.25, 0.3) is 5.91 Å². The summed E-state index contributed by atoms with van der Waals surface area (Å²) in [6.45, 7) is -0.588. The van der Waals surface area contributed by atoms with Crippen molar-refractivity contribution in [2.75, 3.05) is 13.2 Å². The fraction of sp³-hybridized carbons (Fsp3) is 0.167. The van der Waals surface area contributed by atoms with Crippen molar-refractivity contribution in [3.05, 3.63) is 65.5 Å². The maximum Gasteiger partial charge on any atom is 0.344 e. The molecule has 0 spiro atoms. The van der Waals surface area contributed by atoms with E-state index in [4.69, 9.17) is 9.47 Å². The van der Waals surface area contributed by atoms with Gasteiger partial charge in [-0.15, -0.1) is 0 Å². The van der Waals surface area contributed by atoms with Gasteiger partial charge in [-0.05, 0) is 42.0 Å². The van der Waals surface area contributed by atoms with Gasteiger partial charge in [0.05, 0.1) is 0 Å². The largest absolute Gasteiger partial charge is 0.482 e. The van der Waals surface area contributed by atoms with Gasteiger partial charge in [0.15, 0.2) is 13.2 Å². The molecule has 0 atom stereocenters. The molecule has 1 N–H and O–H groups in total. The molecule has 0 bridgehead atoms. The Morgan fingerprint density at radius 2 is 1.68 bits per heavy atom. The highest BCUT2D eigenvalue weighted by Crippen LogP contribution is 2.10. The maximum atomic E-state index is 12.8. The van der Waals surface area contributed by atoms with Gasteiger partial charge in [0.2, 0.25) is 0 Å². The van der Waals surface area contributed by atoms with E-state index in [9.17, 15) is 18.8 Å². The Bertz CT molecular complexity index is 728. The Labute approximate surface area is 143 Å². The Morgan fingerprint density at radius 1 is 1.00 bits per heavy atom. The van der Waals surface area contributed by atoms with Crippen LogP contribution in [0.4, 0.5) is 4.39 Å². The predicted molar refractivity (Wildman–Crippen MR) is 86.5 cm³/mol. The highest BCUT2D eigenvalue weighted by molar-refractivity contribution is 5.81. The van der Waals surface area contributed by atoms with Crippen molar-refractivity contribution in [3.63, 3.8) is 0 Å². The fourth-order valence-corrected chi connectivity index (χ4v) is 1.83. The molecule has 0 aliphatic rings. The molecule has 0 fully saturated rings. The second kappa shape index (κ2) is 9.17. The summed E-state index contributed by atoms with van der Waals surface area (Å²) in [4.78, 5) is 33.6. The van der Waals surface area contributed by atoms with Crippen molar-refractivity contribution < 1.29 is 28.2 Å². The third kappa shape index (κ3) is 6.42. The second-order valence-corrected chi connectivity index (χ2v) is 5.04. The molecular weight excluding hydrogens is 329 g/mol. The van der Waals surface area contributed by atoms with E-state index in [-0.39, 0.29) is 19.0 Å². The SMILES string of the molecule is O=Cc1ccc(OCC(=O)OCC(=O)NCc2ccc(F)cc2)cc1. The summed E-state index contributed by atoms with van der Waals surface area (Å²) in [6, 6.07) is 11.9. The Kier molecular flexibility index (Phi) is 6.65. The molecule has 0 aliphatic heterocycles. The molecule has 0 radical (unpaired) electrons. The van der Waals surface area contributed by atoms with Gasteiger partial charge in [0.1, 0.15) is 17.9 Å². The number of hydrogen-bond donors (Lipinski definition) is 1. The molecule has 0 aromatic heterocycles. The minimum Gasteiger partial charge on any atom is -0.482 e. The molecule has 0 saturated heterocycles. The van der Waals surface area contributed by atoms with Crippen LogP contribution in [0.2, 0.25) is 0 Å². The highest BCUT2D eigenvalue weighted by atomic mass is 19.1. The first-order chi connectivity index (χ1) is 12.1. The van der Waals surface area contributed by atoms with Crippen LogP contribution in [0.15, 0.2) is 48.5 Å². The van der Waals surface area contributed by atoms with Gasteiger partial charge >= 0.3 is 5.97 Å². The van der Waals surface area contributed by atoms with E-state index in [0.29, 0.717) is 17.6 Å². The van der Waals surface area contributed by atoms with Crippen molar-refractivity contribution >= 4 is 18.2 Å². The zero-order chi connectivity index (χ0) is 18.1. The van der Waals surface area contributed by atoms with Gasteiger partial charge < -0.3 is 14.8 Å². The molecule has 0 aliphatic carbocycles. The van der Waals surface area contributed by atoms with Crippen molar-refractivity contribution in [2.24, 2.45) is 0 Å². The average Bonchev–Trinajstić information content (AvgIpc) is 2.64. The lowest BCUT2D eigenvalue weighted by atomic mass is 10.2. The fourth-order valence-electron chi connectivity index (χ4n) is 1.83. The molecule has 0 heterocycles. The summed E-state index contributed by atoms with van der Waals surface area (Å²) in [5.74, 6) is -1.13. The van der Waals surface area contributed by atoms with Crippen LogP contribution in [0.1, 0.15) is 15.9 Å². The number of nitrogens with one attached hydrogen (secondary N) is 1. The average molecular weight is 345 g/mol. The van der Waals surface area contributed by atoms with Gasteiger partial charge in [-0.1, -0.05) is 12.1 Å². The number of aldehydes is 1. The number of amides is 1. The summed E-state index contributed by atoms with van der Waals surface area (Å²) >= 11 is 0. The van der Waals surface area contributed by atoms with Crippen molar-refractivity contribution in [1.82, 2.24) is 5.32 Å². The standard InChI is InChI=1S/C18H16FNO5/c19-15-5-1-13(2-6-15)9-20-17(22)11-25-18(23)12-24-16-7-3-14(10-21)4-8-16/h1-8,10H,9,11-12H2,(H,20,22). The molecule has 25 heavy (non-hydrogen) atoms. The number of benzene rings is 2. The predicted octanol–water partition coefficient (Wildman–Crippen LogP) is 1.88. The third-order valence-electron chi connectivity index (χ3n) is 3.14. The van der Waals surface area contributed by atoms with Crippen molar-refractivity contribution in [3.8, 4) is 5.75 Å². The van der Waals surface area contributed by atoms with Crippen LogP contribution in [0.5, 0.6) is 5.75 Å². The number of esters is 1. The van der Waals surface area contributed by atoms with Crippen LogP contribution < -0.4 is 10.1 Å². The minimum absolute atomic E-state index is 0.205. The van der Waals surface area contributed by atoms with Crippen molar-refractivity contribution in [2.45, 2.75) is 6.54 Å². The van der Waals surface area contributed by atoms with Crippen molar-refractivity contribution in [1.29, 1.82) is 0 Å². The third-order valence-corrected chi connectivity index (χ3v) is 3.14.